The lowest BCUT2D eigenvalue weighted by Gasteiger charge is -2.17. The molecule has 4 nitrogen and oxygen atoms in total. The molecule has 0 saturated carbocycles. The molecule has 1 heterocycles. The van der Waals surface area contributed by atoms with E-state index in [1.807, 2.05) is 62.4 Å². The Morgan fingerprint density at radius 3 is 2.54 bits per heavy atom. The predicted octanol–water partition coefficient (Wildman–Crippen LogP) is 5.12. The Kier molecular flexibility index (Phi) is 4.16. The summed E-state index contributed by atoms with van der Waals surface area (Å²) >= 11 is 3.58. The van der Waals surface area contributed by atoms with Gasteiger partial charge in [-0.15, -0.1) is 0 Å². The number of pyridine rings is 1. The van der Waals surface area contributed by atoms with E-state index in [9.17, 15) is 5.26 Å². The standard InChI is InChI=1S/C19H17BrN4/c1-19(2,11-21)12-6-8-13(9-7-12)23-16-10-17(22)24-15-5-3-4-14(20)18(15)16/h3-10H,1-2H3,(H3,22,23,24). The Hall–Kier alpha value is -2.58. The van der Waals surface area contributed by atoms with Crippen LogP contribution < -0.4 is 11.1 Å². The normalized spacial score (nSPS) is 11.2. The fraction of sp³-hybridized carbons (Fsp3) is 0.158. The molecule has 0 unspecified atom stereocenters. The molecular formula is C19H17BrN4. The molecule has 24 heavy (non-hydrogen) atoms. The van der Waals surface area contributed by atoms with Crippen LogP contribution in [0.3, 0.4) is 0 Å². The van der Waals surface area contributed by atoms with E-state index >= 15 is 0 Å². The van der Waals surface area contributed by atoms with E-state index in [-0.39, 0.29) is 0 Å². The lowest BCUT2D eigenvalue weighted by molar-refractivity contribution is 0.687. The lowest BCUT2D eigenvalue weighted by atomic mass is 9.86. The number of rotatable bonds is 3. The van der Waals surface area contributed by atoms with Crippen LogP contribution in [0.2, 0.25) is 0 Å². The van der Waals surface area contributed by atoms with Gasteiger partial charge in [-0.3, -0.25) is 0 Å². The number of fused-ring (bicyclic) bond motifs is 1. The van der Waals surface area contributed by atoms with Crippen LogP contribution in [0.1, 0.15) is 19.4 Å². The number of benzene rings is 2. The number of nitrogens with one attached hydrogen (secondary N) is 1. The van der Waals surface area contributed by atoms with Crippen molar-refractivity contribution in [1.82, 2.24) is 4.98 Å². The fourth-order valence-corrected chi connectivity index (χ4v) is 3.12. The van der Waals surface area contributed by atoms with Crippen molar-refractivity contribution in [3.8, 4) is 6.07 Å². The molecule has 0 aliphatic rings. The second-order valence-corrected chi connectivity index (χ2v) is 7.02. The van der Waals surface area contributed by atoms with Gasteiger partial charge in [0, 0.05) is 21.6 Å². The van der Waals surface area contributed by atoms with E-state index in [1.165, 1.54) is 0 Å². The van der Waals surface area contributed by atoms with E-state index in [1.54, 1.807) is 0 Å². The van der Waals surface area contributed by atoms with Crippen molar-refractivity contribution < 1.29 is 0 Å². The number of hydrogen-bond donors (Lipinski definition) is 2. The Morgan fingerprint density at radius 2 is 1.88 bits per heavy atom. The molecule has 0 bridgehead atoms. The highest BCUT2D eigenvalue weighted by atomic mass is 79.9. The number of halogens is 1. The summed E-state index contributed by atoms with van der Waals surface area (Å²) in [4.78, 5) is 4.37. The van der Waals surface area contributed by atoms with Gasteiger partial charge in [-0.05, 0) is 43.7 Å². The highest BCUT2D eigenvalue weighted by Gasteiger charge is 2.19. The van der Waals surface area contributed by atoms with Crippen LogP contribution in [-0.4, -0.2) is 4.98 Å². The minimum absolute atomic E-state index is 0.463. The topological polar surface area (TPSA) is 74.7 Å². The molecule has 0 amide bonds. The Morgan fingerprint density at radius 1 is 1.17 bits per heavy atom. The van der Waals surface area contributed by atoms with Crippen LogP contribution in [-0.2, 0) is 5.41 Å². The van der Waals surface area contributed by atoms with Crippen molar-refractivity contribution >= 4 is 44.0 Å². The largest absolute Gasteiger partial charge is 0.384 e. The molecule has 0 aliphatic heterocycles. The Bertz CT molecular complexity index is 940. The number of anilines is 3. The molecule has 0 aliphatic carbocycles. The summed E-state index contributed by atoms with van der Waals surface area (Å²) in [5, 5.41) is 13.6. The first kappa shape index (κ1) is 16.3. The van der Waals surface area contributed by atoms with Gasteiger partial charge >= 0.3 is 0 Å². The van der Waals surface area contributed by atoms with Gasteiger partial charge in [0.15, 0.2) is 0 Å². The monoisotopic (exact) mass is 380 g/mol. The zero-order valence-corrected chi connectivity index (χ0v) is 15.1. The highest BCUT2D eigenvalue weighted by molar-refractivity contribution is 9.10. The fourth-order valence-electron chi connectivity index (χ4n) is 2.55. The lowest BCUT2D eigenvalue weighted by Crippen LogP contribution is -2.13. The summed E-state index contributed by atoms with van der Waals surface area (Å²) in [7, 11) is 0. The van der Waals surface area contributed by atoms with E-state index in [2.05, 4.69) is 32.3 Å². The average molecular weight is 381 g/mol. The van der Waals surface area contributed by atoms with Gasteiger partial charge in [0.2, 0.25) is 0 Å². The number of hydrogen-bond acceptors (Lipinski definition) is 4. The van der Waals surface area contributed by atoms with E-state index in [4.69, 9.17) is 5.73 Å². The van der Waals surface area contributed by atoms with Crippen molar-refractivity contribution in [3.05, 3.63) is 58.6 Å². The molecule has 3 N–H and O–H groups in total. The summed E-state index contributed by atoms with van der Waals surface area (Å²) in [5.41, 5.74) is 9.04. The van der Waals surface area contributed by atoms with Gasteiger partial charge < -0.3 is 11.1 Å². The van der Waals surface area contributed by atoms with Gasteiger partial charge in [-0.1, -0.05) is 34.1 Å². The zero-order valence-electron chi connectivity index (χ0n) is 13.5. The third kappa shape index (κ3) is 3.06. The average Bonchev–Trinajstić information content (AvgIpc) is 2.55. The second kappa shape index (κ2) is 6.14. The number of nitriles is 1. The van der Waals surface area contributed by atoms with Crippen LogP contribution in [0, 0.1) is 11.3 Å². The third-order valence-electron chi connectivity index (χ3n) is 3.97. The molecule has 0 spiro atoms. The summed E-state index contributed by atoms with van der Waals surface area (Å²) < 4.78 is 0.956. The smallest absolute Gasteiger partial charge is 0.126 e. The molecular weight excluding hydrogens is 364 g/mol. The van der Waals surface area contributed by atoms with E-state index < -0.39 is 5.41 Å². The molecule has 2 aromatic carbocycles. The summed E-state index contributed by atoms with van der Waals surface area (Å²) in [6.45, 7) is 3.81. The minimum Gasteiger partial charge on any atom is -0.384 e. The van der Waals surface area contributed by atoms with Crippen molar-refractivity contribution in [3.63, 3.8) is 0 Å². The third-order valence-corrected chi connectivity index (χ3v) is 4.63. The second-order valence-electron chi connectivity index (χ2n) is 6.17. The van der Waals surface area contributed by atoms with Crippen LogP contribution in [0.5, 0.6) is 0 Å². The maximum absolute atomic E-state index is 9.24. The SMILES string of the molecule is CC(C)(C#N)c1ccc(Nc2cc(N)nc3cccc(Br)c23)cc1. The molecule has 1 aromatic heterocycles. The van der Waals surface area contributed by atoms with Crippen molar-refractivity contribution in [2.75, 3.05) is 11.1 Å². The summed E-state index contributed by atoms with van der Waals surface area (Å²) in [6.07, 6.45) is 0. The molecule has 0 saturated heterocycles. The van der Waals surface area contributed by atoms with Crippen LogP contribution >= 0.6 is 15.9 Å². The van der Waals surface area contributed by atoms with E-state index in [0.717, 1.165) is 32.3 Å². The van der Waals surface area contributed by atoms with Crippen molar-refractivity contribution in [2.45, 2.75) is 19.3 Å². The first-order chi connectivity index (χ1) is 11.4. The van der Waals surface area contributed by atoms with Gasteiger partial charge in [0.05, 0.1) is 22.7 Å². The van der Waals surface area contributed by atoms with Crippen LogP contribution in [0.25, 0.3) is 10.9 Å². The zero-order chi connectivity index (χ0) is 17.3. The minimum atomic E-state index is -0.505. The molecule has 0 radical (unpaired) electrons. The number of nitrogens with zero attached hydrogens (tertiary/aromatic N) is 2. The van der Waals surface area contributed by atoms with Crippen LogP contribution in [0.4, 0.5) is 17.2 Å². The molecule has 0 fully saturated rings. The van der Waals surface area contributed by atoms with E-state index in [0.29, 0.717) is 5.82 Å². The number of nitrogen functional groups attached to an aromatic ring is 1. The maximum atomic E-state index is 9.24. The maximum Gasteiger partial charge on any atom is 0.126 e. The van der Waals surface area contributed by atoms with Gasteiger partial charge in [0.25, 0.3) is 0 Å². The molecule has 5 heteroatoms. The number of nitrogens with two attached hydrogens (primary N) is 1. The predicted molar refractivity (Wildman–Crippen MR) is 102 cm³/mol. The molecule has 0 atom stereocenters. The Balaban J connectivity index is 2.00. The van der Waals surface area contributed by atoms with Crippen LogP contribution in [0.15, 0.2) is 53.0 Å². The highest BCUT2D eigenvalue weighted by Crippen LogP contribution is 2.33. The first-order valence-electron chi connectivity index (χ1n) is 7.54. The molecule has 3 aromatic rings. The summed E-state index contributed by atoms with van der Waals surface area (Å²) in [6, 6.07) is 17.8. The first-order valence-corrected chi connectivity index (χ1v) is 8.33. The van der Waals surface area contributed by atoms with Gasteiger partial charge in [0.1, 0.15) is 5.82 Å². The van der Waals surface area contributed by atoms with Gasteiger partial charge in [-0.25, -0.2) is 4.98 Å². The van der Waals surface area contributed by atoms with Gasteiger partial charge in [-0.2, -0.15) is 5.26 Å². The molecule has 3 rings (SSSR count). The molecule has 120 valence electrons. The quantitative estimate of drug-likeness (QED) is 0.660. The number of aromatic nitrogens is 1. The summed E-state index contributed by atoms with van der Waals surface area (Å²) in [5.74, 6) is 0.463. The Labute approximate surface area is 149 Å². The van der Waals surface area contributed by atoms with Crippen molar-refractivity contribution in [1.29, 1.82) is 5.26 Å². The van der Waals surface area contributed by atoms with Crippen molar-refractivity contribution in [2.24, 2.45) is 0 Å².